The van der Waals surface area contributed by atoms with E-state index in [9.17, 15) is 9.18 Å². The molecule has 24 heavy (non-hydrogen) atoms. The van der Waals surface area contributed by atoms with Gasteiger partial charge in [-0.3, -0.25) is 4.68 Å². The maximum atomic E-state index is 13.3. The van der Waals surface area contributed by atoms with Crippen LogP contribution in [0, 0.1) is 5.82 Å². The van der Waals surface area contributed by atoms with E-state index in [0.717, 1.165) is 30.4 Å². The van der Waals surface area contributed by atoms with E-state index in [0.29, 0.717) is 13.1 Å². The first-order chi connectivity index (χ1) is 11.6. The van der Waals surface area contributed by atoms with Crippen LogP contribution in [0.4, 0.5) is 9.18 Å². The van der Waals surface area contributed by atoms with Gasteiger partial charge in [0.1, 0.15) is 5.82 Å². The molecule has 5 nitrogen and oxygen atoms in total. The summed E-state index contributed by atoms with van der Waals surface area (Å²) in [6.45, 7) is 2.89. The molecule has 1 aliphatic rings. The Hall–Kier alpha value is -2.37. The third kappa shape index (κ3) is 3.42. The van der Waals surface area contributed by atoms with Gasteiger partial charge in [-0.25, -0.2) is 9.18 Å². The summed E-state index contributed by atoms with van der Waals surface area (Å²) >= 11 is 0. The normalized spacial score (nSPS) is 16.5. The Morgan fingerprint density at radius 2 is 2.33 bits per heavy atom. The van der Waals surface area contributed by atoms with Crippen molar-refractivity contribution >= 4 is 6.03 Å². The fourth-order valence-corrected chi connectivity index (χ4v) is 3.28. The van der Waals surface area contributed by atoms with E-state index in [1.807, 2.05) is 30.9 Å². The number of aryl methyl sites for hydroxylation is 1. The average molecular weight is 330 g/mol. The molecule has 0 saturated carbocycles. The highest BCUT2D eigenvalue weighted by Gasteiger charge is 2.26. The fraction of sp³-hybridized carbons (Fsp3) is 0.444. The highest BCUT2D eigenvalue weighted by atomic mass is 19.1. The van der Waals surface area contributed by atoms with Crippen molar-refractivity contribution in [2.75, 3.05) is 6.54 Å². The molecular weight excluding hydrogens is 307 g/mol. The van der Waals surface area contributed by atoms with Crippen molar-refractivity contribution < 1.29 is 9.18 Å². The number of hydrogen-bond acceptors (Lipinski definition) is 2. The number of amides is 2. The minimum atomic E-state index is -0.281. The Balaban J connectivity index is 1.69. The van der Waals surface area contributed by atoms with Crippen LogP contribution in [0.2, 0.25) is 0 Å². The molecule has 0 aliphatic heterocycles. The molecular formula is C18H23FN4O. The van der Waals surface area contributed by atoms with Gasteiger partial charge in [-0.05, 0) is 43.9 Å². The third-order valence-corrected chi connectivity index (χ3v) is 4.60. The zero-order chi connectivity index (χ0) is 17.1. The van der Waals surface area contributed by atoms with Crippen molar-refractivity contribution in [3.63, 3.8) is 0 Å². The minimum Gasteiger partial charge on any atom is -0.331 e. The van der Waals surface area contributed by atoms with Gasteiger partial charge in [0.15, 0.2) is 0 Å². The Morgan fingerprint density at radius 3 is 3.08 bits per heavy atom. The van der Waals surface area contributed by atoms with Crippen molar-refractivity contribution in [2.45, 2.75) is 38.8 Å². The van der Waals surface area contributed by atoms with Crippen LogP contribution in [-0.2, 0) is 20.0 Å². The number of carbonyl (C=O) groups excluding carboxylic acids is 1. The SMILES string of the molecule is CCN(Cc1cccc(F)c1)C(=O)N[C@H]1CCCc2c1cnn2C. The smallest absolute Gasteiger partial charge is 0.318 e. The van der Waals surface area contributed by atoms with Gasteiger partial charge in [-0.1, -0.05) is 12.1 Å². The molecule has 0 bridgehead atoms. The van der Waals surface area contributed by atoms with Gasteiger partial charge in [-0.2, -0.15) is 5.10 Å². The Kier molecular flexibility index (Phi) is 4.83. The Bertz CT molecular complexity index is 728. The number of nitrogens with one attached hydrogen (secondary N) is 1. The number of rotatable bonds is 4. The second kappa shape index (κ2) is 7.03. The highest BCUT2D eigenvalue weighted by Crippen LogP contribution is 2.29. The second-order valence-electron chi connectivity index (χ2n) is 6.21. The molecule has 1 N–H and O–H groups in total. The summed E-state index contributed by atoms with van der Waals surface area (Å²) in [4.78, 5) is 14.3. The second-order valence-corrected chi connectivity index (χ2v) is 6.21. The lowest BCUT2D eigenvalue weighted by Gasteiger charge is -2.28. The summed E-state index contributed by atoms with van der Waals surface area (Å²) in [5.41, 5.74) is 3.09. The van der Waals surface area contributed by atoms with E-state index in [2.05, 4.69) is 10.4 Å². The number of nitrogens with zero attached hydrogens (tertiary/aromatic N) is 3. The lowest BCUT2D eigenvalue weighted by Crippen LogP contribution is -2.42. The standard InChI is InChI=1S/C18H23FN4O/c1-3-23(12-13-6-4-7-14(19)10-13)18(24)21-16-8-5-9-17-15(16)11-20-22(17)2/h4,6-7,10-11,16H,3,5,8-9,12H2,1-2H3,(H,21,24)/t16-/m0/s1. The molecule has 0 fully saturated rings. The van der Waals surface area contributed by atoms with Crippen LogP contribution in [0.5, 0.6) is 0 Å². The van der Waals surface area contributed by atoms with Gasteiger partial charge in [0.05, 0.1) is 12.2 Å². The summed E-state index contributed by atoms with van der Waals surface area (Å²) in [7, 11) is 1.94. The van der Waals surface area contributed by atoms with Gasteiger partial charge < -0.3 is 10.2 Å². The van der Waals surface area contributed by atoms with Gasteiger partial charge in [0.2, 0.25) is 0 Å². The summed E-state index contributed by atoms with van der Waals surface area (Å²) in [5.74, 6) is -0.281. The Morgan fingerprint density at radius 1 is 1.50 bits per heavy atom. The monoisotopic (exact) mass is 330 g/mol. The molecule has 128 valence electrons. The predicted octanol–water partition coefficient (Wildman–Crippen LogP) is 3.17. The largest absolute Gasteiger partial charge is 0.331 e. The fourth-order valence-electron chi connectivity index (χ4n) is 3.28. The number of hydrogen-bond donors (Lipinski definition) is 1. The lowest BCUT2D eigenvalue weighted by atomic mass is 9.93. The van der Waals surface area contributed by atoms with Crippen LogP contribution in [0.3, 0.4) is 0 Å². The molecule has 1 aromatic carbocycles. The van der Waals surface area contributed by atoms with Crippen LogP contribution >= 0.6 is 0 Å². The molecule has 1 heterocycles. The molecule has 1 aromatic heterocycles. The van der Waals surface area contributed by atoms with Crippen LogP contribution < -0.4 is 5.32 Å². The van der Waals surface area contributed by atoms with Gasteiger partial charge >= 0.3 is 6.03 Å². The number of urea groups is 1. The Labute approximate surface area is 141 Å². The number of halogens is 1. The van der Waals surface area contributed by atoms with E-state index >= 15 is 0 Å². The molecule has 0 saturated heterocycles. The molecule has 1 atom stereocenters. The number of aromatic nitrogens is 2. The highest BCUT2D eigenvalue weighted by molar-refractivity contribution is 5.74. The summed E-state index contributed by atoms with van der Waals surface area (Å²) in [5, 5.41) is 7.42. The molecule has 3 rings (SSSR count). The first kappa shape index (κ1) is 16.5. The zero-order valence-electron chi connectivity index (χ0n) is 14.1. The van der Waals surface area contributed by atoms with Crippen molar-refractivity contribution in [3.8, 4) is 0 Å². The topological polar surface area (TPSA) is 50.2 Å². The maximum absolute atomic E-state index is 13.3. The summed E-state index contributed by atoms with van der Waals surface area (Å²) < 4.78 is 15.2. The molecule has 0 spiro atoms. The molecule has 1 aliphatic carbocycles. The number of fused-ring (bicyclic) bond motifs is 1. The number of carbonyl (C=O) groups is 1. The summed E-state index contributed by atoms with van der Waals surface area (Å²) in [6.07, 6.45) is 4.80. The van der Waals surface area contributed by atoms with Crippen LogP contribution in [0.1, 0.15) is 42.6 Å². The minimum absolute atomic E-state index is 0.00323. The van der Waals surface area contributed by atoms with Crippen LogP contribution in [0.15, 0.2) is 30.5 Å². The molecule has 6 heteroatoms. The van der Waals surface area contributed by atoms with Crippen molar-refractivity contribution in [1.82, 2.24) is 20.0 Å². The van der Waals surface area contributed by atoms with Gasteiger partial charge in [0.25, 0.3) is 0 Å². The zero-order valence-corrected chi connectivity index (χ0v) is 14.1. The lowest BCUT2D eigenvalue weighted by molar-refractivity contribution is 0.192. The average Bonchev–Trinajstić information content (AvgIpc) is 2.95. The molecule has 0 unspecified atom stereocenters. The van der Waals surface area contributed by atoms with E-state index in [1.54, 1.807) is 11.0 Å². The quantitative estimate of drug-likeness (QED) is 0.936. The predicted molar refractivity (Wildman–Crippen MR) is 89.9 cm³/mol. The first-order valence-corrected chi connectivity index (χ1v) is 8.39. The van der Waals surface area contributed by atoms with Crippen molar-refractivity contribution in [2.24, 2.45) is 7.05 Å². The van der Waals surface area contributed by atoms with E-state index in [-0.39, 0.29) is 17.9 Å². The van der Waals surface area contributed by atoms with E-state index in [1.165, 1.54) is 17.8 Å². The third-order valence-electron chi connectivity index (χ3n) is 4.60. The molecule has 0 radical (unpaired) electrons. The van der Waals surface area contributed by atoms with E-state index in [4.69, 9.17) is 0 Å². The maximum Gasteiger partial charge on any atom is 0.318 e. The summed E-state index contributed by atoms with van der Waals surface area (Å²) in [6, 6.07) is 6.25. The van der Waals surface area contributed by atoms with Crippen molar-refractivity contribution in [3.05, 3.63) is 53.1 Å². The van der Waals surface area contributed by atoms with Crippen LogP contribution in [0.25, 0.3) is 0 Å². The molecule has 2 aromatic rings. The van der Waals surface area contributed by atoms with E-state index < -0.39 is 0 Å². The van der Waals surface area contributed by atoms with Gasteiger partial charge in [0, 0.05) is 31.4 Å². The van der Waals surface area contributed by atoms with Crippen LogP contribution in [-0.4, -0.2) is 27.3 Å². The first-order valence-electron chi connectivity index (χ1n) is 8.39. The molecule has 2 amide bonds. The van der Waals surface area contributed by atoms with Gasteiger partial charge in [-0.15, -0.1) is 0 Å². The number of benzene rings is 1. The van der Waals surface area contributed by atoms with Crippen molar-refractivity contribution in [1.29, 1.82) is 0 Å².